The Bertz CT molecular complexity index is 648. The SMILES string of the molecule is CCOC(=O)N1CCC(NC(=NCc2nnc(C)n2C)NCCCSC)CC1.I. The normalized spacial score (nSPS) is 15.0. The van der Waals surface area contributed by atoms with Gasteiger partial charge in [0.1, 0.15) is 12.4 Å². The molecule has 0 radical (unpaired) electrons. The van der Waals surface area contributed by atoms with Gasteiger partial charge in [-0.05, 0) is 45.1 Å². The minimum Gasteiger partial charge on any atom is -0.450 e. The minimum absolute atomic E-state index is 0. The van der Waals surface area contributed by atoms with E-state index in [2.05, 4.69) is 27.1 Å². The summed E-state index contributed by atoms with van der Waals surface area (Å²) in [5.41, 5.74) is 0. The molecule has 9 nitrogen and oxygen atoms in total. The average Bonchev–Trinajstić information content (AvgIpc) is 3.02. The molecule has 1 fully saturated rings. The van der Waals surface area contributed by atoms with Crippen LogP contribution in [0.15, 0.2) is 4.99 Å². The summed E-state index contributed by atoms with van der Waals surface area (Å²) in [7, 11) is 1.95. The van der Waals surface area contributed by atoms with Crippen LogP contribution in [0.3, 0.4) is 0 Å². The lowest BCUT2D eigenvalue weighted by atomic mass is 10.1. The van der Waals surface area contributed by atoms with Crippen LogP contribution in [0.5, 0.6) is 0 Å². The van der Waals surface area contributed by atoms with Crippen molar-refractivity contribution in [1.82, 2.24) is 30.3 Å². The number of carbonyl (C=O) groups is 1. The number of hydrogen-bond acceptors (Lipinski definition) is 6. The lowest BCUT2D eigenvalue weighted by Gasteiger charge is -2.32. The van der Waals surface area contributed by atoms with Crippen LogP contribution in [0.4, 0.5) is 4.79 Å². The number of nitrogens with zero attached hydrogens (tertiary/aromatic N) is 5. The minimum atomic E-state index is -0.220. The fourth-order valence-corrected chi connectivity index (χ4v) is 3.36. The van der Waals surface area contributed by atoms with E-state index in [1.54, 1.807) is 4.90 Å². The number of aryl methyl sites for hydroxylation is 1. The van der Waals surface area contributed by atoms with E-state index >= 15 is 0 Å². The number of rotatable bonds is 8. The molecule has 29 heavy (non-hydrogen) atoms. The van der Waals surface area contributed by atoms with E-state index in [4.69, 9.17) is 9.73 Å². The fraction of sp³-hybridized carbons (Fsp3) is 0.778. The Labute approximate surface area is 194 Å². The molecule has 1 amide bonds. The van der Waals surface area contributed by atoms with E-state index in [1.165, 1.54) is 0 Å². The highest BCUT2D eigenvalue weighted by Crippen LogP contribution is 2.11. The zero-order valence-corrected chi connectivity index (χ0v) is 21.0. The number of hydrogen-bond donors (Lipinski definition) is 2. The van der Waals surface area contributed by atoms with Crippen molar-refractivity contribution >= 4 is 47.8 Å². The molecule has 1 aliphatic heterocycles. The van der Waals surface area contributed by atoms with Crippen LogP contribution in [0, 0.1) is 6.92 Å². The lowest BCUT2D eigenvalue weighted by molar-refractivity contribution is 0.0963. The number of likely N-dealkylation sites (tertiary alicyclic amines) is 1. The molecule has 2 rings (SSSR count). The van der Waals surface area contributed by atoms with Crippen LogP contribution in [0.25, 0.3) is 0 Å². The Morgan fingerprint density at radius 2 is 2.07 bits per heavy atom. The molecular formula is C18H34IN7O2S. The van der Waals surface area contributed by atoms with E-state index in [0.29, 0.717) is 26.2 Å². The number of aliphatic imine (C=N–C) groups is 1. The second-order valence-corrected chi connectivity index (χ2v) is 7.75. The molecule has 0 aliphatic carbocycles. The van der Waals surface area contributed by atoms with Crippen LogP contribution >= 0.6 is 35.7 Å². The van der Waals surface area contributed by atoms with E-state index in [0.717, 1.165) is 49.2 Å². The van der Waals surface area contributed by atoms with Crippen molar-refractivity contribution in [2.75, 3.05) is 38.2 Å². The van der Waals surface area contributed by atoms with Crippen molar-refractivity contribution in [3.63, 3.8) is 0 Å². The van der Waals surface area contributed by atoms with E-state index in [-0.39, 0.29) is 36.1 Å². The zero-order valence-electron chi connectivity index (χ0n) is 17.8. The summed E-state index contributed by atoms with van der Waals surface area (Å²) in [4.78, 5) is 18.3. The van der Waals surface area contributed by atoms with Gasteiger partial charge in [0.25, 0.3) is 0 Å². The van der Waals surface area contributed by atoms with E-state index in [9.17, 15) is 4.79 Å². The maximum atomic E-state index is 11.9. The quantitative estimate of drug-likeness (QED) is 0.226. The number of guanidine groups is 1. The highest BCUT2D eigenvalue weighted by molar-refractivity contribution is 14.0. The second-order valence-electron chi connectivity index (χ2n) is 6.77. The van der Waals surface area contributed by atoms with Crippen molar-refractivity contribution < 1.29 is 9.53 Å². The summed E-state index contributed by atoms with van der Waals surface area (Å²) in [6.45, 7) is 6.89. The molecule has 2 N–H and O–H groups in total. The van der Waals surface area contributed by atoms with E-state index in [1.807, 2.05) is 37.2 Å². The van der Waals surface area contributed by atoms with Crippen LogP contribution in [0.1, 0.15) is 37.8 Å². The molecule has 11 heteroatoms. The zero-order chi connectivity index (χ0) is 20.4. The summed E-state index contributed by atoms with van der Waals surface area (Å²) >= 11 is 1.84. The molecule has 0 spiro atoms. The molecule has 166 valence electrons. The fourth-order valence-electron chi connectivity index (χ4n) is 2.93. The molecule has 0 unspecified atom stereocenters. The third-order valence-electron chi connectivity index (χ3n) is 4.74. The molecule has 1 aromatic rings. The molecule has 1 saturated heterocycles. The standard InChI is InChI=1S/C18H33N7O2S.HI/c1-5-27-18(26)25-10-7-15(8-11-25)21-17(19-9-6-12-28-4)20-13-16-23-22-14(2)24(16)3;/h15H,5-13H2,1-4H3,(H2,19,20,21);1H. The molecular weight excluding hydrogens is 505 g/mol. The van der Waals surface area contributed by atoms with Gasteiger partial charge >= 0.3 is 6.09 Å². The van der Waals surface area contributed by atoms with Crippen molar-refractivity contribution in [3.8, 4) is 0 Å². The summed E-state index contributed by atoms with van der Waals surface area (Å²) in [6.07, 6.45) is 4.70. The van der Waals surface area contributed by atoms with E-state index < -0.39 is 0 Å². The number of ether oxygens (including phenoxy) is 1. The molecule has 0 aromatic carbocycles. The summed E-state index contributed by atoms with van der Waals surface area (Å²) in [5.74, 6) is 3.61. The Morgan fingerprint density at radius 1 is 1.34 bits per heavy atom. The number of piperidine rings is 1. The molecule has 1 aliphatic rings. The smallest absolute Gasteiger partial charge is 0.409 e. The van der Waals surface area contributed by atoms with Gasteiger partial charge in [0.05, 0.1) is 6.61 Å². The van der Waals surface area contributed by atoms with Crippen LogP contribution in [-0.4, -0.2) is 76.0 Å². The number of aromatic nitrogens is 3. The first-order chi connectivity index (χ1) is 13.5. The molecule has 1 aromatic heterocycles. The molecule has 0 saturated carbocycles. The third kappa shape index (κ3) is 8.57. The number of thioether (sulfide) groups is 1. The second kappa shape index (κ2) is 13.9. The Morgan fingerprint density at radius 3 is 2.66 bits per heavy atom. The average molecular weight is 539 g/mol. The van der Waals surface area contributed by atoms with Gasteiger partial charge in [-0.1, -0.05) is 0 Å². The number of halogens is 1. The first-order valence-corrected chi connectivity index (χ1v) is 11.2. The Balaban J connectivity index is 0.00000420. The van der Waals surface area contributed by atoms with Crippen LogP contribution < -0.4 is 10.6 Å². The van der Waals surface area contributed by atoms with Crippen LogP contribution in [0.2, 0.25) is 0 Å². The summed E-state index contributed by atoms with van der Waals surface area (Å²) in [6, 6.07) is 0.277. The van der Waals surface area contributed by atoms with Gasteiger partial charge in [0.2, 0.25) is 0 Å². The third-order valence-corrected chi connectivity index (χ3v) is 5.44. The Kier molecular flexibility index (Phi) is 12.4. The van der Waals surface area contributed by atoms with Gasteiger partial charge in [-0.25, -0.2) is 9.79 Å². The van der Waals surface area contributed by atoms with Gasteiger partial charge < -0.3 is 24.8 Å². The van der Waals surface area contributed by atoms with Crippen molar-refractivity contribution in [2.45, 2.75) is 45.7 Å². The molecule has 0 atom stereocenters. The Hall–Kier alpha value is -1.24. The molecule has 0 bridgehead atoms. The lowest BCUT2D eigenvalue weighted by Crippen LogP contribution is -2.50. The number of nitrogens with one attached hydrogen (secondary N) is 2. The highest BCUT2D eigenvalue weighted by atomic mass is 127. The first kappa shape index (κ1) is 25.8. The first-order valence-electron chi connectivity index (χ1n) is 9.85. The number of carbonyl (C=O) groups excluding carboxylic acids is 1. The topological polar surface area (TPSA) is 96.7 Å². The highest BCUT2D eigenvalue weighted by Gasteiger charge is 2.24. The maximum Gasteiger partial charge on any atom is 0.409 e. The summed E-state index contributed by atoms with van der Waals surface area (Å²) < 4.78 is 7.04. The summed E-state index contributed by atoms with van der Waals surface area (Å²) in [5, 5.41) is 15.2. The van der Waals surface area contributed by atoms with Gasteiger partial charge in [0.15, 0.2) is 11.8 Å². The van der Waals surface area contributed by atoms with Crippen LogP contribution in [-0.2, 0) is 18.3 Å². The predicted molar refractivity (Wildman–Crippen MR) is 128 cm³/mol. The van der Waals surface area contributed by atoms with Gasteiger partial charge in [-0.15, -0.1) is 34.2 Å². The monoisotopic (exact) mass is 539 g/mol. The predicted octanol–water partition coefficient (Wildman–Crippen LogP) is 2.15. The molecule has 2 heterocycles. The van der Waals surface area contributed by atoms with Gasteiger partial charge in [-0.2, -0.15) is 11.8 Å². The van der Waals surface area contributed by atoms with Crippen molar-refractivity contribution in [2.24, 2.45) is 12.0 Å². The van der Waals surface area contributed by atoms with Crippen molar-refractivity contribution in [1.29, 1.82) is 0 Å². The number of amides is 1. The van der Waals surface area contributed by atoms with Gasteiger partial charge in [0, 0.05) is 32.7 Å². The van der Waals surface area contributed by atoms with Crippen molar-refractivity contribution in [3.05, 3.63) is 11.6 Å². The van der Waals surface area contributed by atoms with Gasteiger partial charge in [-0.3, -0.25) is 0 Å². The maximum absolute atomic E-state index is 11.9. The largest absolute Gasteiger partial charge is 0.450 e.